The van der Waals surface area contributed by atoms with Crippen molar-refractivity contribution in [1.82, 2.24) is 14.5 Å². The number of hydrogen-bond donors (Lipinski definition) is 1. The van der Waals surface area contributed by atoms with E-state index < -0.39 is 15.9 Å². The summed E-state index contributed by atoms with van der Waals surface area (Å²) in [6.45, 7) is 2.70. The summed E-state index contributed by atoms with van der Waals surface area (Å²) >= 11 is 0. The molecule has 1 heterocycles. The molecule has 0 atom stereocenters. The van der Waals surface area contributed by atoms with Crippen LogP contribution in [0.25, 0.3) is 0 Å². The minimum atomic E-state index is -3.59. The van der Waals surface area contributed by atoms with Gasteiger partial charge in [-0.25, -0.2) is 8.42 Å². The quantitative estimate of drug-likeness (QED) is 0.743. The molecule has 0 spiro atoms. The zero-order valence-corrected chi connectivity index (χ0v) is 17.8. The van der Waals surface area contributed by atoms with Crippen LogP contribution in [-0.2, 0) is 14.8 Å². The minimum Gasteiger partial charge on any atom is -0.496 e. The van der Waals surface area contributed by atoms with E-state index in [9.17, 15) is 18.0 Å². The third-order valence-electron chi connectivity index (χ3n) is 5.00. The second-order valence-corrected chi connectivity index (χ2v) is 8.92. The molecule has 0 unspecified atom stereocenters. The van der Waals surface area contributed by atoms with E-state index in [1.165, 1.54) is 11.4 Å². The van der Waals surface area contributed by atoms with Crippen molar-refractivity contribution in [3.05, 3.63) is 59.7 Å². The first-order valence-corrected chi connectivity index (χ1v) is 11.0. The Kier molecular flexibility index (Phi) is 6.73. The summed E-state index contributed by atoms with van der Waals surface area (Å²) < 4.78 is 32.1. The number of ether oxygens (including phenoxy) is 1. The highest BCUT2D eigenvalue weighted by Crippen LogP contribution is 2.19. The van der Waals surface area contributed by atoms with Gasteiger partial charge in [0.1, 0.15) is 5.75 Å². The van der Waals surface area contributed by atoms with E-state index in [4.69, 9.17) is 4.74 Å². The van der Waals surface area contributed by atoms with Crippen LogP contribution in [0.3, 0.4) is 0 Å². The number of benzene rings is 2. The lowest BCUT2D eigenvalue weighted by Crippen LogP contribution is -2.52. The average Bonchev–Trinajstić information content (AvgIpc) is 2.77. The van der Waals surface area contributed by atoms with Gasteiger partial charge >= 0.3 is 0 Å². The van der Waals surface area contributed by atoms with E-state index in [-0.39, 0.29) is 43.5 Å². The molecule has 1 aliphatic heterocycles. The molecule has 0 bridgehead atoms. The monoisotopic (exact) mass is 431 g/mol. The second kappa shape index (κ2) is 9.27. The highest BCUT2D eigenvalue weighted by molar-refractivity contribution is 7.89. The SMILES string of the molecule is COc1ccccc1C(=O)NCC(=O)N1CCN(S(=O)(=O)c2ccc(C)cc2)CC1. The van der Waals surface area contributed by atoms with Gasteiger partial charge in [0, 0.05) is 26.2 Å². The predicted molar refractivity (Wildman–Crippen MR) is 112 cm³/mol. The molecule has 1 aliphatic rings. The highest BCUT2D eigenvalue weighted by Gasteiger charge is 2.30. The van der Waals surface area contributed by atoms with Crippen molar-refractivity contribution in [1.29, 1.82) is 0 Å². The predicted octanol–water partition coefficient (Wildman–Crippen LogP) is 1.27. The number of methoxy groups -OCH3 is 1. The van der Waals surface area contributed by atoms with E-state index in [1.54, 1.807) is 53.4 Å². The molecule has 3 rings (SSSR count). The summed E-state index contributed by atoms with van der Waals surface area (Å²) in [5, 5.41) is 2.60. The van der Waals surface area contributed by atoms with Crippen LogP contribution in [0, 0.1) is 6.92 Å². The fraction of sp³-hybridized carbons (Fsp3) is 0.333. The maximum Gasteiger partial charge on any atom is 0.255 e. The van der Waals surface area contributed by atoms with E-state index in [1.807, 2.05) is 6.92 Å². The van der Waals surface area contributed by atoms with Gasteiger partial charge in [-0.3, -0.25) is 9.59 Å². The number of carbonyl (C=O) groups is 2. The molecular weight excluding hydrogens is 406 g/mol. The molecule has 2 amide bonds. The second-order valence-electron chi connectivity index (χ2n) is 6.98. The molecule has 2 aromatic rings. The van der Waals surface area contributed by atoms with Crippen molar-refractivity contribution < 1.29 is 22.7 Å². The molecule has 0 aromatic heterocycles. The van der Waals surface area contributed by atoms with Crippen LogP contribution in [-0.4, -0.2) is 69.3 Å². The first-order valence-electron chi connectivity index (χ1n) is 9.58. The lowest BCUT2D eigenvalue weighted by atomic mass is 10.2. The van der Waals surface area contributed by atoms with Crippen LogP contribution in [0.2, 0.25) is 0 Å². The van der Waals surface area contributed by atoms with Gasteiger partial charge in [0.2, 0.25) is 15.9 Å². The first-order chi connectivity index (χ1) is 14.3. The summed E-state index contributed by atoms with van der Waals surface area (Å²) in [6.07, 6.45) is 0. The standard InChI is InChI=1S/C21H25N3O5S/c1-16-7-9-17(10-8-16)30(27,28)24-13-11-23(12-14-24)20(25)15-22-21(26)18-5-3-4-6-19(18)29-2/h3-10H,11-15H2,1-2H3,(H,22,26). The van der Waals surface area contributed by atoms with Crippen LogP contribution in [0.1, 0.15) is 15.9 Å². The minimum absolute atomic E-state index is 0.165. The molecule has 9 heteroatoms. The maximum atomic E-state index is 12.8. The highest BCUT2D eigenvalue weighted by atomic mass is 32.2. The number of rotatable bonds is 6. The maximum absolute atomic E-state index is 12.8. The lowest BCUT2D eigenvalue weighted by Gasteiger charge is -2.34. The van der Waals surface area contributed by atoms with Crippen LogP contribution < -0.4 is 10.1 Å². The number of carbonyl (C=O) groups excluding carboxylic acids is 2. The number of hydrogen-bond acceptors (Lipinski definition) is 5. The fourth-order valence-electron chi connectivity index (χ4n) is 3.23. The van der Waals surface area contributed by atoms with Crippen molar-refractivity contribution >= 4 is 21.8 Å². The molecule has 0 aliphatic carbocycles. The first kappa shape index (κ1) is 21.8. The number of piperazine rings is 1. The van der Waals surface area contributed by atoms with Gasteiger partial charge in [-0.15, -0.1) is 0 Å². The van der Waals surface area contributed by atoms with Gasteiger partial charge in [0.25, 0.3) is 5.91 Å². The van der Waals surface area contributed by atoms with Gasteiger partial charge in [-0.05, 0) is 31.2 Å². The molecule has 0 saturated carbocycles. The van der Waals surface area contributed by atoms with Gasteiger partial charge in [0.15, 0.2) is 0 Å². The Bertz CT molecular complexity index is 1010. The van der Waals surface area contributed by atoms with Crippen molar-refractivity contribution in [3.63, 3.8) is 0 Å². The molecular formula is C21H25N3O5S. The van der Waals surface area contributed by atoms with E-state index in [0.717, 1.165) is 5.56 Å². The van der Waals surface area contributed by atoms with E-state index >= 15 is 0 Å². The number of nitrogens with zero attached hydrogens (tertiary/aromatic N) is 2. The fourth-order valence-corrected chi connectivity index (χ4v) is 4.65. The number of amides is 2. The molecule has 8 nitrogen and oxygen atoms in total. The Morgan fingerprint density at radius 3 is 2.27 bits per heavy atom. The van der Waals surface area contributed by atoms with Crippen LogP contribution in [0.15, 0.2) is 53.4 Å². The third-order valence-corrected chi connectivity index (χ3v) is 6.91. The molecule has 1 N–H and O–H groups in total. The van der Waals surface area contributed by atoms with Crippen molar-refractivity contribution in [3.8, 4) is 5.75 Å². The van der Waals surface area contributed by atoms with Gasteiger partial charge in [0.05, 0.1) is 24.1 Å². The summed E-state index contributed by atoms with van der Waals surface area (Å²) in [5.41, 5.74) is 1.33. The summed E-state index contributed by atoms with van der Waals surface area (Å²) in [5.74, 6) is -0.232. The molecule has 1 saturated heterocycles. The zero-order chi connectivity index (χ0) is 21.7. The Morgan fingerprint density at radius 1 is 1.00 bits per heavy atom. The Balaban J connectivity index is 1.54. The zero-order valence-electron chi connectivity index (χ0n) is 17.0. The molecule has 2 aromatic carbocycles. The molecule has 1 fully saturated rings. The third kappa shape index (κ3) is 4.80. The Morgan fingerprint density at radius 2 is 1.63 bits per heavy atom. The number of aryl methyl sites for hydroxylation is 1. The molecule has 160 valence electrons. The van der Waals surface area contributed by atoms with Gasteiger partial charge in [-0.2, -0.15) is 4.31 Å². The smallest absolute Gasteiger partial charge is 0.255 e. The largest absolute Gasteiger partial charge is 0.496 e. The van der Waals surface area contributed by atoms with Crippen LogP contribution in [0.4, 0.5) is 0 Å². The molecule has 30 heavy (non-hydrogen) atoms. The summed E-state index contributed by atoms with van der Waals surface area (Å²) in [7, 11) is -2.11. The van der Waals surface area contributed by atoms with Gasteiger partial charge in [-0.1, -0.05) is 29.8 Å². The van der Waals surface area contributed by atoms with Crippen molar-refractivity contribution in [2.45, 2.75) is 11.8 Å². The van der Waals surface area contributed by atoms with Crippen LogP contribution >= 0.6 is 0 Å². The number of para-hydroxylation sites is 1. The van der Waals surface area contributed by atoms with E-state index in [0.29, 0.717) is 11.3 Å². The normalized spacial score (nSPS) is 14.9. The topological polar surface area (TPSA) is 96.0 Å². The Labute approximate surface area is 176 Å². The average molecular weight is 432 g/mol. The van der Waals surface area contributed by atoms with Crippen molar-refractivity contribution in [2.75, 3.05) is 39.8 Å². The number of sulfonamides is 1. The van der Waals surface area contributed by atoms with Gasteiger partial charge < -0.3 is 15.0 Å². The summed E-state index contributed by atoms with van der Waals surface area (Å²) in [4.78, 5) is 26.6. The lowest BCUT2D eigenvalue weighted by molar-refractivity contribution is -0.131. The summed E-state index contributed by atoms with van der Waals surface area (Å²) in [6, 6.07) is 13.5. The van der Waals surface area contributed by atoms with E-state index in [2.05, 4.69) is 5.32 Å². The van der Waals surface area contributed by atoms with Crippen molar-refractivity contribution in [2.24, 2.45) is 0 Å². The number of nitrogens with one attached hydrogen (secondary N) is 1. The van der Waals surface area contributed by atoms with Crippen LogP contribution in [0.5, 0.6) is 5.75 Å². The molecule has 0 radical (unpaired) electrons. The Hall–Kier alpha value is -2.91.